The van der Waals surface area contributed by atoms with Crippen molar-refractivity contribution in [2.45, 2.75) is 6.92 Å². The normalized spacial score (nSPS) is 10.3. The van der Waals surface area contributed by atoms with Gasteiger partial charge in [-0.15, -0.1) is 0 Å². The molecule has 1 aromatic carbocycles. The number of aryl methyl sites for hydroxylation is 1. The van der Waals surface area contributed by atoms with Gasteiger partial charge in [-0.25, -0.2) is 9.97 Å². The predicted molar refractivity (Wildman–Crippen MR) is 67.6 cm³/mol. The van der Waals surface area contributed by atoms with Gasteiger partial charge < -0.3 is 0 Å². The highest BCUT2D eigenvalue weighted by molar-refractivity contribution is 9.13. The van der Waals surface area contributed by atoms with Crippen LogP contribution in [0.25, 0.3) is 11.4 Å². The quantitative estimate of drug-likeness (QED) is 0.791. The number of hydrogen-bond donors (Lipinski definition) is 0. The number of nitrogens with zero attached hydrogens (tertiary/aromatic N) is 2. The Bertz CT molecular complexity index is 480. The molecule has 0 aliphatic rings. The molecule has 0 atom stereocenters. The van der Waals surface area contributed by atoms with Crippen LogP contribution in [0.4, 0.5) is 0 Å². The van der Waals surface area contributed by atoms with Crippen LogP contribution in [-0.2, 0) is 0 Å². The lowest BCUT2D eigenvalue weighted by atomic mass is 10.2. The van der Waals surface area contributed by atoms with Gasteiger partial charge in [0.25, 0.3) is 0 Å². The maximum Gasteiger partial charge on any atom is 0.159 e. The summed E-state index contributed by atoms with van der Waals surface area (Å²) in [4.78, 5) is 8.54. The summed E-state index contributed by atoms with van der Waals surface area (Å²) in [5.41, 5.74) is 2.07. The van der Waals surface area contributed by atoms with Crippen molar-refractivity contribution in [2.24, 2.45) is 0 Å². The van der Waals surface area contributed by atoms with Gasteiger partial charge in [-0.1, -0.05) is 0 Å². The third-order valence-electron chi connectivity index (χ3n) is 1.96. The molecule has 0 amide bonds. The van der Waals surface area contributed by atoms with Crippen LogP contribution in [0.5, 0.6) is 0 Å². The highest BCUT2D eigenvalue weighted by atomic mass is 79.9. The zero-order valence-corrected chi connectivity index (χ0v) is 11.2. The van der Waals surface area contributed by atoms with E-state index in [9.17, 15) is 0 Å². The van der Waals surface area contributed by atoms with Crippen molar-refractivity contribution in [1.82, 2.24) is 9.97 Å². The van der Waals surface area contributed by atoms with E-state index in [1.165, 1.54) is 0 Å². The molecule has 0 aliphatic heterocycles. The average molecular weight is 328 g/mol. The molecule has 1 heterocycles. The molecule has 76 valence electrons. The summed E-state index contributed by atoms with van der Waals surface area (Å²) in [5.74, 6) is 0.744. The summed E-state index contributed by atoms with van der Waals surface area (Å²) in [5, 5.41) is 0. The Balaban J connectivity index is 2.45. The van der Waals surface area contributed by atoms with Crippen molar-refractivity contribution in [1.29, 1.82) is 0 Å². The highest BCUT2D eigenvalue weighted by Crippen LogP contribution is 2.27. The van der Waals surface area contributed by atoms with Gasteiger partial charge in [-0.2, -0.15) is 0 Å². The summed E-state index contributed by atoms with van der Waals surface area (Å²) >= 11 is 6.88. The van der Waals surface area contributed by atoms with Gasteiger partial charge in [-0.05, 0) is 62.5 Å². The van der Waals surface area contributed by atoms with Crippen LogP contribution < -0.4 is 0 Å². The molecule has 0 N–H and O–H groups in total. The van der Waals surface area contributed by atoms with Crippen LogP contribution in [-0.4, -0.2) is 9.97 Å². The number of halogens is 2. The van der Waals surface area contributed by atoms with Crippen molar-refractivity contribution in [3.05, 3.63) is 45.1 Å². The van der Waals surface area contributed by atoms with E-state index in [0.717, 1.165) is 25.9 Å². The van der Waals surface area contributed by atoms with Crippen molar-refractivity contribution in [3.63, 3.8) is 0 Å². The average Bonchev–Trinajstić information content (AvgIpc) is 2.23. The summed E-state index contributed by atoms with van der Waals surface area (Å²) in [6.45, 7) is 1.97. The summed E-state index contributed by atoms with van der Waals surface area (Å²) in [6, 6.07) is 5.96. The van der Waals surface area contributed by atoms with E-state index in [0.29, 0.717) is 0 Å². The zero-order valence-electron chi connectivity index (χ0n) is 8.04. The van der Waals surface area contributed by atoms with Crippen molar-refractivity contribution < 1.29 is 0 Å². The molecule has 0 bridgehead atoms. The van der Waals surface area contributed by atoms with Crippen LogP contribution in [0.1, 0.15) is 5.56 Å². The van der Waals surface area contributed by atoms with Gasteiger partial charge in [0, 0.05) is 26.9 Å². The van der Waals surface area contributed by atoms with Gasteiger partial charge in [0.2, 0.25) is 0 Å². The fourth-order valence-corrected chi connectivity index (χ4v) is 1.80. The molecule has 0 saturated carbocycles. The van der Waals surface area contributed by atoms with Gasteiger partial charge >= 0.3 is 0 Å². The second kappa shape index (κ2) is 4.41. The van der Waals surface area contributed by atoms with E-state index >= 15 is 0 Å². The van der Waals surface area contributed by atoms with Crippen LogP contribution >= 0.6 is 31.9 Å². The molecule has 4 heteroatoms. The number of rotatable bonds is 1. The molecule has 2 aromatic rings. The molecule has 2 nitrogen and oxygen atoms in total. The molecule has 1 aromatic heterocycles. The largest absolute Gasteiger partial charge is 0.236 e. The standard InChI is InChI=1S/C11H8Br2N2/c1-7-5-14-11(15-6-7)8-2-3-9(12)10(13)4-8/h2-6H,1H3. The first-order valence-corrected chi connectivity index (χ1v) is 5.99. The topological polar surface area (TPSA) is 25.8 Å². The first-order valence-electron chi connectivity index (χ1n) is 4.41. The van der Waals surface area contributed by atoms with Gasteiger partial charge in [0.1, 0.15) is 0 Å². The van der Waals surface area contributed by atoms with Crippen molar-refractivity contribution in [2.75, 3.05) is 0 Å². The maximum absolute atomic E-state index is 4.27. The van der Waals surface area contributed by atoms with Crippen molar-refractivity contribution in [3.8, 4) is 11.4 Å². The second-order valence-corrected chi connectivity index (χ2v) is 4.92. The predicted octanol–water partition coefficient (Wildman–Crippen LogP) is 3.98. The fraction of sp³-hybridized carbons (Fsp3) is 0.0909. The highest BCUT2D eigenvalue weighted by Gasteiger charge is 2.03. The fourth-order valence-electron chi connectivity index (χ4n) is 1.18. The van der Waals surface area contributed by atoms with E-state index in [1.807, 2.05) is 37.5 Å². The molecule has 0 unspecified atom stereocenters. The van der Waals surface area contributed by atoms with Crippen LogP contribution in [0.2, 0.25) is 0 Å². The second-order valence-electron chi connectivity index (χ2n) is 3.21. The maximum atomic E-state index is 4.27. The van der Waals surface area contributed by atoms with E-state index < -0.39 is 0 Å². The van der Waals surface area contributed by atoms with Crippen LogP contribution in [0, 0.1) is 6.92 Å². The van der Waals surface area contributed by atoms with Gasteiger partial charge in [0.05, 0.1) is 0 Å². The molecule has 0 aliphatic carbocycles. The molecule has 0 spiro atoms. The van der Waals surface area contributed by atoms with Gasteiger partial charge in [-0.3, -0.25) is 0 Å². The van der Waals surface area contributed by atoms with E-state index in [1.54, 1.807) is 0 Å². The molecular formula is C11H8Br2N2. The first-order chi connectivity index (χ1) is 7.16. The summed E-state index contributed by atoms with van der Waals surface area (Å²) < 4.78 is 2.03. The Labute approximate surface area is 105 Å². The smallest absolute Gasteiger partial charge is 0.159 e. The number of benzene rings is 1. The molecule has 2 rings (SSSR count). The third-order valence-corrected chi connectivity index (χ3v) is 3.84. The Morgan fingerprint density at radius 2 is 1.67 bits per heavy atom. The SMILES string of the molecule is Cc1cnc(-c2ccc(Br)c(Br)c2)nc1. The Morgan fingerprint density at radius 1 is 1.00 bits per heavy atom. The lowest BCUT2D eigenvalue weighted by Gasteiger charge is -2.02. The lowest BCUT2D eigenvalue weighted by Crippen LogP contribution is -1.89. The first kappa shape index (κ1) is 10.8. The van der Waals surface area contributed by atoms with Crippen LogP contribution in [0.3, 0.4) is 0 Å². The zero-order chi connectivity index (χ0) is 10.8. The van der Waals surface area contributed by atoms with E-state index in [-0.39, 0.29) is 0 Å². The monoisotopic (exact) mass is 326 g/mol. The van der Waals surface area contributed by atoms with E-state index in [2.05, 4.69) is 41.8 Å². The van der Waals surface area contributed by atoms with Gasteiger partial charge in [0.15, 0.2) is 5.82 Å². The Morgan fingerprint density at radius 3 is 2.27 bits per heavy atom. The molecule has 0 saturated heterocycles. The minimum atomic E-state index is 0.744. The lowest BCUT2D eigenvalue weighted by molar-refractivity contribution is 1.14. The molecular weight excluding hydrogens is 320 g/mol. The Kier molecular flexibility index (Phi) is 3.17. The van der Waals surface area contributed by atoms with Crippen molar-refractivity contribution >= 4 is 31.9 Å². The third kappa shape index (κ3) is 2.44. The van der Waals surface area contributed by atoms with E-state index in [4.69, 9.17) is 0 Å². The summed E-state index contributed by atoms with van der Waals surface area (Å²) in [7, 11) is 0. The summed E-state index contributed by atoms with van der Waals surface area (Å²) in [6.07, 6.45) is 3.64. The Hall–Kier alpha value is -0.740. The minimum Gasteiger partial charge on any atom is -0.236 e. The molecule has 0 radical (unpaired) electrons. The molecule has 15 heavy (non-hydrogen) atoms. The number of aromatic nitrogens is 2. The molecule has 0 fully saturated rings. The number of hydrogen-bond acceptors (Lipinski definition) is 2. The van der Waals surface area contributed by atoms with Crippen LogP contribution in [0.15, 0.2) is 39.5 Å². The minimum absolute atomic E-state index is 0.744.